The van der Waals surface area contributed by atoms with E-state index in [4.69, 9.17) is 16.3 Å². The number of aryl methyl sites for hydroxylation is 1. The van der Waals surface area contributed by atoms with Gasteiger partial charge in [-0.05, 0) is 31.2 Å². The number of anilines is 1. The lowest BCUT2D eigenvalue weighted by molar-refractivity contribution is 0.0979. The van der Waals surface area contributed by atoms with Crippen LogP contribution < -0.4 is 15.2 Å². The maximum absolute atomic E-state index is 13.4. The molecule has 0 saturated heterocycles. The molecule has 0 aliphatic rings. The van der Waals surface area contributed by atoms with Gasteiger partial charge in [0.15, 0.2) is 5.75 Å². The van der Waals surface area contributed by atoms with Crippen molar-refractivity contribution < 1.29 is 19.1 Å². The lowest BCUT2D eigenvalue weighted by atomic mass is 10.1. The number of para-hydroxylation sites is 1. The average Bonchev–Trinajstić information content (AvgIpc) is 2.73. The number of nitrogens with zero attached hydrogens (tertiary/aromatic N) is 2. The van der Waals surface area contributed by atoms with Crippen molar-refractivity contribution in [1.29, 1.82) is 0 Å². The first kappa shape index (κ1) is 20.4. The second-order valence-corrected chi connectivity index (χ2v) is 6.55. The van der Waals surface area contributed by atoms with Crippen LogP contribution in [-0.2, 0) is 11.8 Å². The van der Waals surface area contributed by atoms with Gasteiger partial charge in [-0.3, -0.25) is 9.59 Å². The van der Waals surface area contributed by atoms with Gasteiger partial charge in [0.1, 0.15) is 5.56 Å². The van der Waals surface area contributed by atoms with Crippen LogP contribution in [0.5, 0.6) is 5.75 Å². The second kappa shape index (κ2) is 8.36. The molecule has 0 unspecified atom stereocenters. The maximum atomic E-state index is 13.4. The smallest absolute Gasteiger partial charge is 0.437 e. The van der Waals surface area contributed by atoms with E-state index in [1.54, 1.807) is 49.4 Å². The van der Waals surface area contributed by atoms with Gasteiger partial charge in [-0.25, -0.2) is 4.79 Å². The van der Waals surface area contributed by atoms with Gasteiger partial charge in [-0.15, -0.1) is 0 Å². The fourth-order valence-electron chi connectivity index (χ4n) is 3.12. The quantitative estimate of drug-likeness (QED) is 0.603. The molecule has 0 bridgehead atoms. The number of carbonyl (C=O) groups is 2. The molecule has 1 heterocycles. The van der Waals surface area contributed by atoms with Crippen LogP contribution in [0.15, 0.2) is 53.3 Å². The molecule has 0 aliphatic carbocycles. The first-order valence-electron chi connectivity index (χ1n) is 8.84. The molecule has 7 nitrogen and oxygen atoms in total. The highest BCUT2D eigenvalue weighted by atomic mass is 35.5. The van der Waals surface area contributed by atoms with Gasteiger partial charge in [-0.2, -0.15) is 0 Å². The van der Waals surface area contributed by atoms with Crippen LogP contribution in [0.3, 0.4) is 0 Å². The van der Waals surface area contributed by atoms with Gasteiger partial charge in [-0.1, -0.05) is 35.9 Å². The van der Waals surface area contributed by atoms with E-state index in [1.165, 1.54) is 16.5 Å². The molecule has 0 spiro atoms. The van der Waals surface area contributed by atoms with Crippen molar-refractivity contribution in [3.63, 3.8) is 0 Å². The van der Waals surface area contributed by atoms with Crippen molar-refractivity contribution in [2.45, 2.75) is 6.92 Å². The Hall–Kier alpha value is -3.32. The van der Waals surface area contributed by atoms with Crippen molar-refractivity contribution in [2.75, 3.05) is 18.6 Å². The predicted molar refractivity (Wildman–Crippen MR) is 111 cm³/mol. The topological polar surface area (TPSA) is 77.8 Å². The number of aromatic nitrogens is 1. The number of benzene rings is 2. The second-order valence-electron chi connectivity index (χ2n) is 6.14. The number of rotatable bonds is 4. The summed E-state index contributed by atoms with van der Waals surface area (Å²) in [5, 5.41) is 0.503. The van der Waals surface area contributed by atoms with Gasteiger partial charge in [0.25, 0.3) is 11.5 Å². The Morgan fingerprint density at radius 1 is 1.10 bits per heavy atom. The summed E-state index contributed by atoms with van der Waals surface area (Å²) in [6.45, 7) is 2.08. The minimum absolute atomic E-state index is 0.222. The predicted octanol–water partition coefficient (Wildman–Crippen LogP) is 4.00. The van der Waals surface area contributed by atoms with E-state index in [0.717, 1.165) is 7.11 Å². The molecular weight excluding hydrogens is 396 g/mol. The third-order valence-corrected chi connectivity index (χ3v) is 4.84. The normalized spacial score (nSPS) is 10.6. The van der Waals surface area contributed by atoms with E-state index in [9.17, 15) is 14.4 Å². The van der Waals surface area contributed by atoms with Gasteiger partial charge in [0, 0.05) is 19.3 Å². The fraction of sp³-hybridized carbons (Fsp3) is 0.190. The van der Waals surface area contributed by atoms with Crippen molar-refractivity contribution >= 4 is 40.3 Å². The lowest BCUT2D eigenvalue weighted by Crippen LogP contribution is -2.37. The minimum Gasteiger partial charge on any atom is -0.437 e. The molecule has 2 aromatic carbocycles. The van der Waals surface area contributed by atoms with Gasteiger partial charge in [0.05, 0.1) is 23.0 Å². The van der Waals surface area contributed by atoms with Gasteiger partial charge >= 0.3 is 6.16 Å². The Morgan fingerprint density at radius 3 is 2.41 bits per heavy atom. The molecule has 0 saturated carbocycles. The van der Waals surface area contributed by atoms with Crippen LogP contribution >= 0.6 is 11.6 Å². The Balaban J connectivity index is 2.33. The van der Waals surface area contributed by atoms with Crippen LogP contribution in [0.1, 0.15) is 17.3 Å². The van der Waals surface area contributed by atoms with Crippen molar-refractivity contribution in [3.8, 4) is 5.75 Å². The molecule has 0 atom stereocenters. The number of pyridine rings is 1. The van der Waals surface area contributed by atoms with E-state index in [-0.39, 0.29) is 21.7 Å². The molecular formula is C21H19ClN2O5. The molecule has 0 radical (unpaired) electrons. The van der Waals surface area contributed by atoms with E-state index in [1.807, 2.05) is 6.07 Å². The summed E-state index contributed by atoms with van der Waals surface area (Å²) >= 11 is 6.35. The number of amides is 1. The number of methoxy groups -OCH3 is 1. The number of ether oxygens (including phenoxy) is 2. The molecule has 0 fully saturated rings. The summed E-state index contributed by atoms with van der Waals surface area (Å²) < 4.78 is 11.2. The van der Waals surface area contributed by atoms with Crippen LogP contribution in [0.25, 0.3) is 10.9 Å². The number of halogens is 1. The van der Waals surface area contributed by atoms with E-state index in [0.29, 0.717) is 17.7 Å². The summed E-state index contributed by atoms with van der Waals surface area (Å²) in [6.07, 6.45) is -1.06. The highest BCUT2D eigenvalue weighted by Gasteiger charge is 2.29. The van der Waals surface area contributed by atoms with E-state index >= 15 is 0 Å². The largest absolute Gasteiger partial charge is 0.513 e. The maximum Gasteiger partial charge on any atom is 0.513 e. The highest BCUT2D eigenvalue weighted by Crippen LogP contribution is 2.34. The summed E-state index contributed by atoms with van der Waals surface area (Å²) in [4.78, 5) is 39.9. The summed E-state index contributed by atoms with van der Waals surface area (Å²) in [5.41, 5.74) is 0.105. The average molecular weight is 415 g/mol. The van der Waals surface area contributed by atoms with E-state index < -0.39 is 17.6 Å². The van der Waals surface area contributed by atoms with Gasteiger partial charge < -0.3 is 18.9 Å². The molecule has 0 aliphatic heterocycles. The zero-order valence-electron chi connectivity index (χ0n) is 16.1. The van der Waals surface area contributed by atoms with Crippen LogP contribution in [0.2, 0.25) is 5.02 Å². The molecule has 3 rings (SSSR count). The van der Waals surface area contributed by atoms with Crippen molar-refractivity contribution in [2.24, 2.45) is 7.05 Å². The zero-order chi connectivity index (χ0) is 21.1. The number of hydrogen-bond acceptors (Lipinski definition) is 5. The van der Waals surface area contributed by atoms with Crippen LogP contribution in [-0.4, -0.2) is 30.3 Å². The van der Waals surface area contributed by atoms with Crippen molar-refractivity contribution in [1.82, 2.24) is 4.57 Å². The Bertz CT molecular complexity index is 1140. The highest BCUT2D eigenvalue weighted by molar-refractivity contribution is 6.36. The standard InChI is InChI=1S/C21H19ClN2O5/c1-4-24(13-9-6-5-7-10-13)20(26)17-18(29-21(27)28-3)16-14(22)11-8-12-15(16)23(2)19(17)25/h5-12H,4H2,1-3H3. The van der Waals surface area contributed by atoms with Crippen molar-refractivity contribution in [3.05, 3.63) is 69.5 Å². The zero-order valence-corrected chi connectivity index (χ0v) is 16.9. The SMILES string of the molecule is CCN(C(=O)c1c(OC(=O)OC)c2c(Cl)cccc2n(C)c1=O)c1ccccc1. The molecule has 1 amide bonds. The van der Waals surface area contributed by atoms with Crippen LogP contribution in [0.4, 0.5) is 10.5 Å². The van der Waals surface area contributed by atoms with Crippen LogP contribution in [0, 0.1) is 0 Å². The van der Waals surface area contributed by atoms with Gasteiger partial charge in [0.2, 0.25) is 0 Å². The molecule has 150 valence electrons. The Labute approximate surface area is 172 Å². The lowest BCUT2D eigenvalue weighted by Gasteiger charge is -2.23. The number of carbonyl (C=O) groups excluding carboxylic acids is 2. The summed E-state index contributed by atoms with van der Waals surface area (Å²) in [7, 11) is 2.66. The third kappa shape index (κ3) is 3.69. The first-order valence-corrected chi connectivity index (χ1v) is 9.22. The molecule has 3 aromatic rings. The third-order valence-electron chi connectivity index (χ3n) is 4.52. The molecule has 0 N–H and O–H groups in total. The fourth-order valence-corrected chi connectivity index (χ4v) is 3.37. The Morgan fingerprint density at radius 2 is 1.79 bits per heavy atom. The molecule has 29 heavy (non-hydrogen) atoms. The summed E-state index contributed by atoms with van der Waals surface area (Å²) in [6, 6.07) is 13.8. The molecule has 8 heteroatoms. The minimum atomic E-state index is -1.06. The Kier molecular flexibility index (Phi) is 5.89. The summed E-state index contributed by atoms with van der Waals surface area (Å²) in [5.74, 6) is -0.833. The first-order chi connectivity index (χ1) is 13.9. The number of hydrogen-bond donors (Lipinski definition) is 0. The van der Waals surface area contributed by atoms with E-state index in [2.05, 4.69) is 4.74 Å². The monoisotopic (exact) mass is 414 g/mol. The molecule has 1 aromatic heterocycles. The number of fused-ring (bicyclic) bond motifs is 1.